The van der Waals surface area contributed by atoms with Gasteiger partial charge in [-0.25, -0.2) is 0 Å². The molecule has 1 heterocycles. The Kier molecular flexibility index (Phi) is 3.54. The second-order valence-corrected chi connectivity index (χ2v) is 5.21. The average molecular weight is 223 g/mol. The molecule has 0 aromatic heterocycles. The Balaban J connectivity index is 2.19. The van der Waals surface area contributed by atoms with Crippen LogP contribution in [-0.2, 0) is 6.42 Å². The molecule has 1 aliphatic rings. The number of hydrogen-bond donors (Lipinski definition) is 2. The largest absolute Gasteiger partial charge is 0.508 e. The van der Waals surface area contributed by atoms with Gasteiger partial charge in [0.25, 0.3) is 0 Å². The molecule has 82 valence electrons. The first kappa shape index (κ1) is 10.8. The molecule has 0 fully saturated rings. The summed E-state index contributed by atoms with van der Waals surface area (Å²) in [7, 11) is 0. The van der Waals surface area contributed by atoms with Crippen molar-refractivity contribution >= 4 is 11.8 Å². The predicted octanol–water partition coefficient (Wildman–Crippen LogP) is 2.40. The number of hydrogen-bond acceptors (Lipinski definition) is 3. The van der Waals surface area contributed by atoms with E-state index in [1.807, 2.05) is 23.9 Å². The fourth-order valence-electron chi connectivity index (χ4n) is 2.10. The van der Waals surface area contributed by atoms with Crippen LogP contribution in [0.5, 0.6) is 5.75 Å². The lowest BCUT2D eigenvalue weighted by Gasteiger charge is -2.12. The molecule has 2 rings (SSSR count). The maximum absolute atomic E-state index is 9.46. The van der Waals surface area contributed by atoms with Crippen molar-refractivity contribution in [1.29, 1.82) is 0 Å². The van der Waals surface area contributed by atoms with E-state index in [0.717, 1.165) is 19.4 Å². The van der Waals surface area contributed by atoms with Crippen LogP contribution in [0.25, 0.3) is 0 Å². The van der Waals surface area contributed by atoms with Gasteiger partial charge in [-0.2, -0.15) is 0 Å². The molecule has 0 saturated carbocycles. The van der Waals surface area contributed by atoms with E-state index in [1.54, 1.807) is 6.07 Å². The van der Waals surface area contributed by atoms with Crippen LogP contribution in [0.15, 0.2) is 23.1 Å². The molecule has 3 heteroatoms. The molecule has 1 atom stereocenters. The smallest absolute Gasteiger partial charge is 0.115 e. The highest BCUT2D eigenvalue weighted by molar-refractivity contribution is 7.99. The van der Waals surface area contributed by atoms with Gasteiger partial charge in [-0.15, -0.1) is 11.8 Å². The maximum Gasteiger partial charge on any atom is 0.115 e. The van der Waals surface area contributed by atoms with Crippen molar-refractivity contribution in [2.75, 3.05) is 12.3 Å². The molecule has 0 saturated heterocycles. The SMILES string of the molecule is NCCC1CCSc2ccc(O)cc2C1. The second-order valence-electron chi connectivity index (χ2n) is 4.08. The third-order valence-corrected chi connectivity index (χ3v) is 4.06. The number of aromatic hydroxyl groups is 1. The van der Waals surface area contributed by atoms with Gasteiger partial charge in [-0.1, -0.05) is 0 Å². The molecule has 1 aromatic rings. The summed E-state index contributed by atoms with van der Waals surface area (Å²) >= 11 is 1.90. The van der Waals surface area contributed by atoms with E-state index in [4.69, 9.17) is 5.73 Å². The highest BCUT2D eigenvalue weighted by Gasteiger charge is 2.16. The first-order chi connectivity index (χ1) is 7.29. The van der Waals surface area contributed by atoms with Crippen LogP contribution >= 0.6 is 11.8 Å². The summed E-state index contributed by atoms with van der Waals surface area (Å²) in [6, 6.07) is 5.70. The van der Waals surface area contributed by atoms with E-state index in [0.29, 0.717) is 11.7 Å². The fourth-order valence-corrected chi connectivity index (χ4v) is 3.26. The first-order valence-electron chi connectivity index (χ1n) is 5.44. The van der Waals surface area contributed by atoms with Crippen LogP contribution < -0.4 is 5.73 Å². The van der Waals surface area contributed by atoms with E-state index < -0.39 is 0 Å². The molecule has 1 aliphatic heterocycles. The molecule has 3 N–H and O–H groups in total. The summed E-state index contributed by atoms with van der Waals surface area (Å²) in [5.41, 5.74) is 6.89. The fraction of sp³-hybridized carbons (Fsp3) is 0.500. The summed E-state index contributed by atoms with van der Waals surface area (Å²) in [5, 5.41) is 9.46. The minimum atomic E-state index is 0.378. The minimum Gasteiger partial charge on any atom is -0.508 e. The standard InChI is InChI=1S/C12H17NOS/c13-5-3-9-4-6-15-12-2-1-11(14)8-10(12)7-9/h1-2,8-9,14H,3-7,13H2. The molecular formula is C12H17NOS. The van der Waals surface area contributed by atoms with E-state index in [-0.39, 0.29) is 0 Å². The second kappa shape index (κ2) is 4.90. The van der Waals surface area contributed by atoms with Gasteiger partial charge in [-0.3, -0.25) is 0 Å². The average Bonchev–Trinajstić information content (AvgIpc) is 2.39. The number of benzene rings is 1. The van der Waals surface area contributed by atoms with E-state index in [9.17, 15) is 5.11 Å². The maximum atomic E-state index is 9.46. The molecular weight excluding hydrogens is 206 g/mol. The molecule has 0 aliphatic carbocycles. The predicted molar refractivity (Wildman–Crippen MR) is 64.3 cm³/mol. The molecule has 15 heavy (non-hydrogen) atoms. The Morgan fingerprint density at radius 1 is 1.47 bits per heavy atom. The van der Waals surface area contributed by atoms with Gasteiger partial charge < -0.3 is 10.8 Å². The Morgan fingerprint density at radius 2 is 2.33 bits per heavy atom. The zero-order valence-electron chi connectivity index (χ0n) is 8.78. The van der Waals surface area contributed by atoms with Gasteiger partial charge >= 0.3 is 0 Å². The Hall–Kier alpha value is -0.670. The van der Waals surface area contributed by atoms with Gasteiger partial charge in [0.05, 0.1) is 0 Å². The van der Waals surface area contributed by atoms with Crippen molar-refractivity contribution in [3.05, 3.63) is 23.8 Å². The molecule has 2 nitrogen and oxygen atoms in total. The summed E-state index contributed by atoms with van der Waals surface area (Å²) in [5.74, 6) is 2.23. The van der Waals surface area contributed by atoms with E-state index in [2.05, 4.69) is 0 Å². The van der Waals surface area contributed by atoms with Crippen molar-refractivity contribution < 1.29 is 5.11 Å². The van der Waals surface area contributed by atoms with Gasteiger partial charge in [0.1, 0.15) is 5.75 Å². The van der Waals surface area contributed by atoms with Crippen LogP contribution in [0.2, 0.25) is 0 Å². The van der Waals surface area contributed by atoms with Crippen molar-refractivity contribution in [1.82, 2.24) is 0 Å². The van der Waals surface area contributed by atoms with Gasteiger partial charge in [-0.05, 0) is 61.2 Å². The summed E-state index contributed by atoms with van der Waals surface area (Å²) in [4.78, 5) is 1.33. The molecule has 0 bridgehead atoms. The van der Waals surface area contributed by atoms with Crippen molar-refractivity contribution in [2.45, 2.75) is 24.2 Å². The topological polar surface area (TPSA) is 46.2 Å². The molecule has 0 radical (unpaired) electrons. The summed E-state index contributed by atoms with van der Waals surface area (Å²) in [6.07, 6.45) is 3.39. The number of phenolic OH excluding ortho intramolecular Hbond substituents is 1. The van der Waals surface area contributed by atoms with Crippen LogP contribution in [0.4, 0.5) is 0 Å². The highest BCUT2D eigenvalue weighted by atomic mass is 32.2. The van der Waals surface area contributed by atoms with Crippen molar-refractivity contribution in [3.8, 4) is 5.75 Å². The quantitative estimate of drug-likeness (QED) is 0.809. The van der Waals surface area contributed by atoms with Gasteiger partial charge in [0, 0.05) is 4.90 Å². The van der Waals surface area contributed by atoms with Crippen molar-refractivity contribution in [3.63, 3.8) is 0 Å². The third-order valence-electron chi connectivity index (χ3n) is 2.91. The lowest BCUT2D eigenvalue weighted by Crippen LogP contribution is -2.11. The monoisotopic (exact) mass is 223 g/mol. The molecule has 1 aromatic carbocycles. The minimum absolute atomic E-state index is 0.378. The Labute approximate surface area is 94.9 Å². The molecule has 0 spiro atoms. The Morgan fingerprint density at radius 3 is 3.13 bits per heavy atom. The number of nitrogens with two attached hydrogens (primary N) is 1. The van der Waals surface area contributed by atoms with E-state index in [1.165, 1.54) is 22.6 Å². The summed E-state index contributed by atoms with van der Waals surface area (Å²) in [6.45, 7) is 0.767. The van der Waals surface area contributed by atoms with E-state index >= 15 is 0 Å². The number of thioether (sulfide) groups is 1. The zero-order valence-corrected chi connectivity index (χ0v) is 9.59. The number of phenols is 1. The van der Waals surface area contributed by atoms with Crippen LogP contribution in [0, 0.1) is 5.92 Å². The van der Waals surface area contributed by atoms with Crippen molar-refractivity contribution in [2.24, 2.45) is 11.7 Å². The highest BCUT2D eigenvalue weighted by Crippen LogP contribution is 2.34. The molecule has 0 amide bonds. The number of rotatable bonds is 2. The van der Waals surface area contributed by atoms with Crippen LogP contribution in [-0.4, -0.2) is 17.4 Å². The van der Waals surface area contributed by atoms with Crippen LogP contribution in [0.1, 0.15) is 18.4 Å². The number of fused-ring (bicyclic) bond motifs is 1. The normalized spacial score (nSPS) is 20.7. The van der Waals surface area contributed by atoms with Crippen LogP contribution in [0.3, 0.4) is 0 Å². The lowest BCUT2D eigenvalue weighted by atomic mass is 9.94. The van der Waals surface area contributed by atoms with Gasteiger partial charge in [0.2, 0.25) is 0 Å². The first-order valence-corrected chi connectivity index (χ1v) is 6.43. The zero-order chi connectivity index (χ0) is 10.7. The molecule has 1 unspecified atom stereocenters. The third kappa shape index (κ3) is 2.67. The lowest BCUT2D eigenvalue weighted by molar-refractivity contribution is 0.464. The summed E-state index contributed by atoms with van der Waals surface area (Å²) < 4.78 is 0. The van der Waals surface area contributed by atoms with Gasteiger partial charge in [0.15, 0.2) is 0 Å². The Bertz CT molecular complexity index is 340.